The van der Waals surface area contributed by atoms with E-state index in [-0.39, 0.29) is 39.6 Å². The Morgan fingerprint density at radius 1 is 1.23 bits per heavy atom. The molecule has 0 fully saturated rings. The van der Waals surface area contributed by atoms with Gasteiger partial charge in [0.2, 0.25) is 0 Å². The van der Waals surface area contributed by atoms with Crippen LogP contribution in [0.3, 0.4) is 0 Å². The number of halogens is 3. The Morgan fingerprint density at radius 3 is 2.58 bits per heavy atom. The van der Waals surface area contributed by atoms with E-state index in [1.54, 1.807) is 6.92 Å². The fraction of sp³-hybridized carbons (Fsp3) is 0.263. The van der Waals surface area contributed by atoms with E-state index < -0.39 is 23.9 Å². The monoisotopic (exact) mass is 433 g/mol. The molecule has 8 nitrogen and oxygen atoms in total. The summed E-state index contributed by atoms with van der Waals surface area (Å²) in [5.41, 5.74) is -0.763. The van der Waals surface area contributed by atoms with Gasteiger partial charge in [-0.05, 0) is 0 Å². The van der Waals surface area contributed by atoms with Crippen molar-refractivity contribution in [3.63, 3.8) is 0 Å². The maximum absolute atomic E-state index is 13.1. The summed E-state index contributed by atoms with van der Waals surface area (Å²) >= 11 is 0. The first-order valence-electron chi connectivity index (χ1n) is 8.82. The van der Waals surface area contributed by atoms with E-state index in [0.717, 1.165) is 19.3 Å². The number of oxazole rings is 1. The Bertz CT molecular complexity index is 1180. The zero-order chi connectivity index (χ0) is 22.8. The van der Waals surface area contributed by atoms with E-state index in [2.05, 4.69) is 15.0 Å². The van der Waals surface area contributed by atoms with Gasteiger partial charge in [-0.1, -0.05) is 0 Å². The van der Waals surface area contributed by atoms with Crippen molar-refractivity contribution in [3.05, 3.63) is 41.4 Å². The molecule has 0 saturated heterocycles. The second-order valence-electron chi connectivity index (χ2n) is 6.24. The summed E-state index contributed by atoms with van der Waals surface area (Å²) in [6.07, 6.45) is -3.64. The van der Waals surface area contributed by atoms with Crippen molar-refractivity contribution in [1.82, 2.24) is 9.97 Å². The third-order valence-corrected chi connectivity index (χ3v) is 4.35. The van der Waals surface area contributed by atoms with E-state index in [1.807, 2.05) is 0 Å². The van der Waals surface area contributed by atoms with Crippen LogP contribution in [0.1, 0.15) is 34.9 Å². The molecule has 0 spiro atoms. The Balaban J connectivity index is 2.23. The molecule has 2 heterocycles. The summed E-state index contributed by atoms with van der Waals surface area (Å²) in [6.45, 7) is 1.58. The van der Waals surface area contributed by atoms with Gasteiger partial charge in [-0.2, -0.15) is 13.2 Å². The molecule has 0 aliphatic rings. The second-order valence-corrected chi connectivity index (χ2v) is 6.24. The number of hydrogen-bond donors (Lipinski definition) is 0. The Hall–Kier alpha value is -3.57. The minimum atomic E-state index is -4.64. The molecule has 1 aromatic carbocycles. The van der Waals surface area contributed by atoms with Crippen LogP contribution in [0, 0.1) is 0 Å². The molecule has 3 aromatic rings. The first-order valence-corrected chi connectivity index (χ1v) is 8.82. The summed E-state index contributed by atoms with van der Waals surface area (Å²) in [4.78, 5) is 24.1. The molecule has 0 N–H and O–H groups in total. The topological polar surface area (TPSA) is 104 Å². The van der Waals surface area contributed by atoms with Crippen LogP contribution in [-0.2, 0) is 15.6 Å². The van der Waals surface area contributed by atoms with Crippen LogP contribution < -0.4 is 4.74 Å². The molecule has 0 aliphatic carbocycles. The number of fused-ring (bicyclic) bond motifs is 1. The van der Waals surface area contributed by atoms with Gasteiger partial charge in [-0.25, -0.2) is 0 Å². The molecule has 3 rings (SSSR count). The number of aromatic nitrogens is 2. The van der Waals surface area contributed by atoms with Gasteiger partial charge in [0.05, 0.1) is 0 Å². The van der Waals surface area contributed by atoms with Crippen molar-refractivity contribution in [1.29, 1.82) is 0 Å². The zero-order valence-electron chi connectivity index (χ0n) is 16.6. The zero-order valence-corrected chi connectivity index (χ0v) is 16.6. The molecule has 0 bridgehead atoms. The summed E-state index contributed by atoms with van der Waals surface area (Å²) in [7, 11) is 2.93. The van der Waals surface area contributed by atoms with Gasteiger partial charge in [-0.15, -0.1) is 0 Å². The number of alkyl halides is 3. The molecule has 0 saturated carbocycles. The quantitative estimate of drug-likeness (QED) is 0.331. The molecule has 31 heavy (non-hydrogen) atoms. The second kappa shape index (κ2) is 8.66. The Morgan fingerprint density at radius 2 is 1.97 bits per heavy atom. The van der Waals surface area contributed by atoms with Gasteiger partial charge in [0.1, 0.15) is 0 Å². The average Bonchev–Trinajstić information content (AvgIpc) is 3.20. The number of pyridine rings is 1. The standard InChI is InChI=1S/C19H15BF3N3O5/c1-9(24-8-20-28)14-16(18(27)30-3)31-17(26-14)11-4-6-12(29-2)15-10(11)5-7-13(25-15)19(21,22)23/h4-9H,1-3H3. The molecular weight excluding hydrogens is 418 g/mol. The first kappa shape index (κ1) is 22.1. The molecular formula is C19H15BF3N3O5. The van der Waals surface area contributed by atoms with Crippen LogP contribution in [0.4, 0.5) is 13.2 Å². The summed E-state index contributed by atoms with van der Waals surface area (Å²) in [5, 5.41) is 0.264. The molecule has 1 atom stereocenters. The van der Waals surface area contributed by atoms with Crippen molar-refractivity contribution < 1.29 is 36.6 Å². The average molecular weight is 433 g/mol. The van der Waals surface area contributed by atoms with E-state index in [4.69, 9.17) is 13.9 Å². The molecule has 0 amide bonds. The number of carbonyl (C=O) groups is 1. The van der Waals surface area contributed by atoms with Gasteiger partial charge in [-0.3, -0.25) is 0 Å². The SMILES string of the molecule is COC(=O)c1oc(-c2ccc(OC)c3nc(C(F)(F)F)ccc23)nc1C(C)N=CB=O. The van der Waals surface area contributed by atoms with E-state index in [1.165, 1.54) is 25.3 Å². The number of ether oxygens (including phenoxy) is 2. The normalized spacial score (nSPS) is 12.7. The van der Waals surface area contributed by atoms with Gasteiger partial charge < -0.3 is 0 Å². The Kier molecular flexibility index (Phi) is 6.18. The third-order valence-electron chi connectivity index (χ3n) is 4.35. The van der Waals surface area contributed by atoms with Crippen molar-refractivity contribution in [3.8, 4) is 17.2 Å². The van der Waals surface area contributed by atoms with Crippen molar-refractivity contribution in [2.75, 3.05) is 14.2 Å². The van der Waals surface area contributed by atoms with E-state index in [0.29, 0.717) is 7.15 Å². The number of rotatable bonds is 6. The van der Waals surface area contributed by atoms with Crippen molar-refractivity contribution >= 4 is 30.1 Å². The fourth-order valence-electron chi connectivity index (χ4n) is 2.91. The number of nitrogens with zero attached hydrogens (tertiary/aromatic N) is 3. The summed E-state index contributed by atoms with van der Waals surface area (Å²) < 4.78 is 65.4. The van der Waals surface area contributed by atoms with Crippen LogP contribution in [0.15, 0.2) is 33.7 Å². The molecule has 2 aromatic heterocycles. The van der Waals surface area contributed by atoms with Gasteiger partial charge >= 0.3 is 160 Å². The predicted molar refractivity (Wildman–Crippen MR) is 103 cm³/mol. The summed E-state index contributed by atoms with van der Waals surface area (Å²) in [5.74, 6) is -0.999. The fourth-order valence-corrected chi connectivity index (χ4v) is 2.91. The minimum absolute atomic E-state index is 0.0544. The molecule has 160 valence electrons. The van der Waals surface area contributed by atoms with E-state index in [9.17, 15) is 22.7 Å². The van der Waals surface area contributed by atoms with Gasteiger partial charge in [0.15, 0.2) is 0 Å². The number of hydrogen-bond acceptors (Lipinski definition) is 8. The van der Waals surface area contributed by atoms with Crippen LogP contribution in [0.5, 0.6) is 5.75 Å². The van der Waals surface area contributed by atoms with E-state index >= 15 is 0 Å². The number of esters is 1. The maximum atomic E-state index is 13.1. The van der Waals surface area contributed by atoms with Crippen LogP contribution in [-0.4, -0.2) is 43.4 Å². The van der Waals surface area contributed by atoms with Crippen LogP contribution >= 0.6 is 0 Å². The van der Waals surface area contributed by atoms with Crippen LogP contribution in [0.2, 0.25) is 0 Å². The van der Waals surface area contributed by atoms with Crippen molar-refractivity contribution in [2.45, 2.75) is 19.1 Å². The van der Waals surface area contributed by atoms with Gasteiger partial charge in [0, 0.05) is 0 Å². The number of benzene rings is 1. The molecule has 0 aliphatic heterocycles. The predicted octanol–water partition coefficient (Wildman–Crippen LogP) is 3.84. The Labute approximate surface area is 174 Å². The molecule has 12 heteroatoms. The molecule has 0 radical (unpaired) electrons. The summed E-state index contributed by atoms with van der Waals surface area (Å²) in [6, 6.07) is 4.26. The number of carbonyl (C=O) groups excluding carboxylic acids is 1. The molecule has 1 unspecified atom stereocenters. The van der Waals surface area contributed by atoms with Crippen molar-refractivity contribution in [2.24, 2.45) is 4.99 Å². The number of aliphatic imine (C=N–C) groups is 1. The van der Waals surface area contributed by atoms with Crippen LogP contribution in [0.25, 0.3) is 22.4 Å². The third kappa shape index (κ3) is 4.32. The first-order chi connectivity index (χ1) is 14.7. The van der Waals surface area contributed by atoms with Gasteiger partial charge in [0.25, 0.3) is 0 Å². The number of methoxy groups -OCH3 is 2.